The van der Waals surface area contributed by atoms with Crippen LogP contribution in [0, 0.1) is 6.92 Å². The quantitative estimate of drug-likeness (QED) is 0.707. The maximum atomic E-state index is 2.29. The molecule has 0 unspecified atom stereocenters. The molecule has 0 fully saturated rings. The summed E-state index contributed by atoms with van der Waals surface area (Å²) in [7, 11) is 0. The Morgan fingerprint density at radius 2 is 1.69 bits per heavy atom. The molecule has 1 heterocycles. The van der Waals surface area contributed by atoms with Gasteiger partial charge in [-0.1, -0.05) is 38.1 Å². The molecular formula is C15H18S. The van der Waals surface area contributed by atoms with E-state index in [0.29, 0.717) is 0 Å². The normalized spacial score (nSPS) is 10.7. The Bertz CT molecular complexity index is 463. The molecule has 0 aliphatic carbocycles. The Balaban J connectivity index is 2.38. The lowest BCUT2D eigenvalue weighted by Gasteiger charge is -2.03. The highest BCUT2D eigenvalue weighted by Gasteiger charge is 2.07. The fourth-order valence-corrected chi connectivity index (χ4v) is 3.16. The van der Waals surface area contributed by atoms with Crippen LogP contribution in [0.25, 0.3) is 10.4 Å². The van der Waals surface area contributed by atoms with E-state index in [1.807, 2.05) is 11.3 Å². The van der Waals surface area contributed by atoms with Crippen LogP contribution in [0.1, 0.15) is 30.5 Å². The number of aryl methyl sites for hydroxylation is 2. The standard InChI is InChI=1S/C15H18S/c1-4-12-6-8-14(9-7-12)15-11(3)13(5-2)10-16-15/h6-10H,4-5H2,1-3H3. The molecule has 1 aromatic heterocycles. The van der Waals surface area contributed by atoms with Crippen LogP contribution in [0.3, 0.4) is 0 Å². The van der Waals surface area contributed by atoms with Gasteiger partial charge in [-0.25, -0.2) is 0 Å². The minimum absolute atomic E-state index is 1.11. The molecule has 0 atom stereocenters. The van der Waals surface area contributed by atoms with Gasteiger partial charge in [0.2, 0.25) is 0 Å². The molecule has 0 nitrogen and oxygen atoms in total. The molecule has 2 rings (SSSR count). The summed E-state index contributed by atoms with van der Waals surface area (Å²) in [6.45, 7) is 6.65. The zero-order valence-corrected chi connectivity index (χ0v) is 11.0. The molecule has 0 spiro atoms. The fraction of sp³-hybridized carbons (Fsp3) is 0.333. The Kier molecular flexibility index (Phi) is 3.45. The van der Waals surface area contributed by atoms with Crippen molar-refractivity contribution in [2.75, 3.05) is 0 Å². The fourth-order valence-electron chi connectivity index (χ4n) is 1.98. The van der Waals surface area contributed by atoms with Crippen molar-refractivity contribution < 1.29 is 0 Å². The van der Waals surface area contributed by atoms with Gasteiger partial charge >= 0.3 is 0 Å². The van der Waals surface area contributed by atoms with Gasteiger partial charge in [0.15, 0.2) is 0 Å². The SMILES string of the molecule is CCc1ccc(-c2scc(CC)c2C)cc1. The van der Waals surface area contributed by atoms with Gasteiger partial charge in [-0.05, 0) is 47.4 Å². The third-order valence-corrected chi connectivity index (χ3v) is 4.33. The van der Waals surface area contributed by atoms with E-state index in [2.05, 4.69) is 50.4 Å². The zero-order valence-electron chi connectivity index (χ0n) is 10.2. The van der Waals surface area contributed by atoms with Crippen molar-refractivity contribution >= 4 is 11.3 Å². The van der Waals surface area contributed by atoms with E-state index in [1.165, 1.54) is 27.1 Å². The number of thiophene rings is 1. The number of hydrogen-bond acceptors (Lipinski definition) is 1. The molecule has 0 saturated carbocycles. The Morgan fingerprint density at radius 1 is 1.00 bits per heavy atom. The predicted molar refractivity (Wildman–Crippen MR) is 73.2 cm³/mol. The molecule has 1 heteroatoms. The monoisotopic (exact) mass is 230 g/mol. The Labute approximate surface area is 102 Å². The van der Waals surface area contributed by atoms with Gasteiger partial charge in [-0.2, -0.15) is 0 Å². The van der Waals surface area contributed by atoms with E-state index in [-0.39, 0.29) is 0 Å². The molecular weight excluding hydrogens is 212 g/mol. The molecule has 16 heavy (non-hydrogen) atoms. The third-order valence-electron chi connectivity index (χ3n) is 3.15. The molecule has 0 radical (unpaired) electrons. The topological polar surface area (TPSA) is 0 Å². The van der Waals surface area contributed by atoms with E-state index in [4.69, 9.17) is 0 Å². The molecule has 0 amide bonds. The molecule has 2 aromatic rings. The average molecular weight is 230 g/mol. The zero-order chi connectivity index (χ0) is 11.5. The molecule has 0 aliphatic rings. The third kappa shape index (κ3) is 2.05. The maximum Gasteiger partial charge on any atom is 0.0374 e. The highest BCUT2D eigenvalue weighted by atomic mass is 32.1. The van der Waals surface area contributed by atoms with E-state index in [9.17, 15) is 0 Å². The summed E-state index contributed by atoms with van der Waals surface area (Å²) in [5, 5.41) is 2.29. The largest absolute Gasteiger partial charge is 0.143 e. The minimum Gasteiger partial charge on any atom is -0.143 e. The molecule has 0 bridgehead atoms. The van der Waals surface area contributed by atoms with Crippen LogP contribution in [-0.4, -0.2) is 0 Å². The molecule has 0 saturated heterocycles. The summed E-state index contributed by atoms with van der Waals surface area (Å²) < 4.78 is 0. The summed E-state index contributed by atoms with van der Waals surface area (Å²) in [5.41, 5.74) is 5.71. The first-order chi connectivity index (χ1) is 7.76. The van der Waals surface area contributed by atoms with Crippen LogP contribution in [0.4, 0.5) is 0 Å². The van der Waals surface area contributed by atoms with E-state index >= 15 is 0 Å². The first-order valence-corrected chi connectivity index (χ1v) is 6.80. The van der Waals surface area contributed by atoms with Crippen molar-refractivity contribution in [1.29, 1.82) is 0 Å². The van der Waals surface area contributed by atoms with Crippen LogP contribution >= 0.6 is 11.3 Å². The van der Waals surface area contributed by atoms with Crippen molar-refractivity contribution in [2.45, 2.75) is 33.6 Å². The summed E-state index contributed by atoms with van der Waals surface area (Å²) >= 11 is 1.87. The van der Waals surface area contributed by atoms with E-state index < -0.39 is 0 Å². The number of benzene rings is 1. The second-order valence-corrected chi connectivity index (χ2v) is 5.00. The second-order valence-electron chi connectivity index (χ2n) is 4.12. The van der Waals surface area contributed by atoms with Crippen LogP contribution in [0.2, 0.25) is 0 Å². The number of rotatable bonds is 3. The highest BCUT2D eigenvalue weighted by molar-refractivity contribution is 7.14. The first kappa shape index (κ1) is 11.4. The maximum absolute atomic E-state index is 2.29. The molecule has 1 aromatic carbocycles. The summed E-state index contributed by atoms with van der Waals surface area (Å²) in [6, 6.07) is 8.97. The van der Waals surface area contributed by atoms with Crippen LogP contribution in [0.15, 0.2) is 29.6 Å². The minimum atomic E-state index is 1.11. The smallest absolute Gasteiger partial charge is 0.0374 e. The van der Waals surface area contributed by atoms with Gasteiger partial charge in [0.05, 0.1) is 0 Å². The first-order valence-electron chi connectivity index (χ1n) is 5.92. The molecule has 0 aliphatic heterocycles. The van der Waals surface area contributed by atoms with Gasteiger partial charge in [0.25, 0.3) is 0 Å². The van der Waals surface area contributed by atoms with Crippen LogP contribution in [0.5, 0.6) is 0 Å². The summed E-state index contributed by atoms with van der Waals surface area (Å²) in [5.74, 6) is 0. The van der Waals surface area contributed by atoms with Crippen molar-refractivity contribution in [3.05, 3.63) is 46.3 Å². The Hall–Kier alpha value is -1.08. The van der Waals surface area contributed by atoms with Gasteiger partial charge in [0.1, 0.15) is 0 Å². The second kappa shape index (κ2) is 4.84. The predicted octanol–water partition coefficient (Wildman–Crippen LogP) is 4.85. The summed E-state index contributed by atoms with van der Waals surface area (Å²) in [4.78, 5) is 1.43. The van der Waals surface area contributed by atoms with Crippen LogP contribution < -0.4 is 0 Å². The van der Waals surface area contributed by atoms with Gasteiger partial charge in [-0.15, -0.1) is 11.3 Å². The van der Waals surface area contributed by atoms with Crippen molar-refractivity contribution in [3.63, 3.8) is 0 Å². The Morgan fingerprint density at radius 3 is 2.19 bits per heavy atom. The lowest BCUT2D eigenvalue weighted by molar-refractivity contribution is 1.13. The van der Waals surface area contributed by atoms with Crippen molar-refractivity contribution in [3.8, 4) is 10.4 Å². The molecule has 84 valence electrons. The van der Waals surface area contributed by atoms with Gasteiger partial charge in [0, 0.05) is 4.88 Å². The summed E-state index contributed by atoms with van der Waals surface area (Å²) in [6.07, 6.45) is 2.25. The average Bonchev–Trinajstić information content (AvgIpc) is 2.70. The lowest BCUT2D eigenvalue weighted by atomic mass is 10.0. The van der Waals surface area contributed by atoms with Gasteiger partial charge < -0.3 is 0 Å². The van der Waals surface area contributed by atoms with Crippen molar-refractivity contribution in [1.82, 2.24) is 0 Å². The van der Waals surface area contributed by atoms with E-state index in [0.717, 1.165) is 12.8 Å². The highest BCUT2D eigenvalue weighted by Crippen LogP contribution is 2.32. The molecule has 0 N–H and O–H groups in total. The lowest BCUT2D eigenvalue weighted by Crippen LogP contribution is -1.83. The van der Waals surface area contributed by atoms with Gasteiger partial charge in [-0.3, -0.25) is 0 Å². The van der Waals surface area contributed by atoms with Crippen LogP contribution in [-0.2, 0) is 12.8 Å². The van der Waals surface area contributed by atoms with E-state index in [1.54, 1.807) is 0 Å². The number of hydrogen-bond donors (Lipinski definition) is 0. The van der Waals surface area contributed by atoms with Crippen molar-refractivity contribution in [2.24, 2.45) is 0 Å².